The Labute approximate surface area is 189 Å². The molecule has 0 saturated carbocycles. The highest BCUT2D eigenvalue weighted by Gasteiger charge is 2.40. The molecule has 2 aliphatic heterocycles. The topological polar surface area (TPSA) is 79.1 Å². The lowest BCUT2D eigenvalue weighted by molar-refractivity contribution is -0.127. The van der Waals surface area contributed by atoms with Gasteiger partial charge in [0.05, 0.1) is 5.52 Å². The molecule has 2 aliphatic rings. The van der Waals surface area contributed by atoms with Crippen LogP contribution in [-0.2, 0) is 4.79 Å². The molecule has 8 heteroatoms. The van der Waals surface area contributed by atoms with Crippen LogP contribution in [0.2, 0.25) is 0 Å². The molecule has 4 heterocycles. The number of piperidine rings is 1. The fraction of sp³-hybridized carbons (Fsp3) is 0.625. The van der Waals surface area contributed by atoms with Gasteiger partial charge in [-0.05, 0) is 64.2 Å². The Balaban J connectivity index is 1.41. The first-order valence-corrected chi connectivity index (χ1v) is 11.8. The Morgan fingerprint density at radius 1 is 1.22 bits per heavy atom. The van der Waals surface area contributed by atoms with E-state index in [1.807, 2.05) is 43.7 Å². The lowest BCUT2D eigenvalue weighted by Crippen LogP contribution is -2.51. The Morgan fingerprint density at radius 3 is 2.53 bits per heavy atom. The largest absolute Gasteiger partial charge is 0.349 e. The third-order valence-electron chi connectivity index (χ3n) is 7.12. The van der Waals surface area contributed by atoms with Gasteiger partial charge in [-0.2, -0.15) is 0 Å². The van der Waals surface area contributed by atoms with E-state index in [-0.39, 0.29) is 35.0 Å². The molecule has 0 aliphatic carbocycles. The second kappa shape index (κ2) is 9.10. The molecule has 1 N–H and O–H groups in total. The van der Waals surface area contributed by atoms with Crippen molar-refractivity contribution in [1.29, 1.82) is 0 Å². The second-order valence-electron chi connectivity index (χ2n) is 9.64. The van der Waals surface area contributed by atoms with Crippen molar-refractivity contribution in [2.45, 2.75) is 77.0 Å². The number of hydrogen-bond acceptors (Lipinski definition) is 4. The van der Waals surface area contributed by atoms with Crippen LogP contribution < -0.4 is 10.9 Å². The third kappa shape index (κ3) is 4.33. The van der Waals surface area contributed by atoms with E-state index in [2.05, 4.69) is 10.2 Å². The highest BCUT2D eigenvalue weighted by molar-refractivity contribution is 5.95. The van der Waals surface area contributed by atoms with Crippen molar-refractivity contribution < 1.29 is 9.59 Å². The molecule has 2 aromatic rings. The number of aromatic nitrogens is 2. The number of nitrogens with one attached hydrogen (secondary N) is 1. The van der Waals surface area contributed by atoms with Gasteiger partial charge in [0.15, 0.2) is 0 Å². The van der Waals surface area contributed by atoms with E-state index in [4.69, 9.17) is 0 Å². The molecule has 2 aromatic heterocycles. The standard InChI is InChI=1S/C24H35N5O3/c1-16(2)29-24(32)22(15-21-7-5-12-28(21)29)23(31)25-18-13-19-8-9-20(14-18)27(19)11-6-10-26(4)17(3)30/h5,7,12,15-16,18-20H,6,8-11,13-14H2,1-4H3,(H,25,31). The minimum Gasteiger partial charge on any atom is -0.349 e. The second-order valence-corrected chi connectivity index (χ2v) is 9.64. The van der Waals surface area contributed by atoms with E-state index in [0.29, 0.717) is 12.1 Å². The average Bonchev–Trinajstić information content (AvgIpc) is 3.28. The Hall–Kier alpha value is -2.61. The van der Waals surface area contributed by atoms with E-state index in [1.165, 1.54) is 0 Å². The van der Waals surface area contributed by atoms with Gasteiger partial charge in [-0.3, -0.25) is 23.8 Å². The monoisotopic (exact) mass is 441 g/mol. The summed E-state index contributed by atoms with van der Waals surface area (Å²) in [6, 6.07) is 6.46. The summed E-state index contributed by atoms with van der Waals surface area (Å²) in [7, 11) is 1.84. The zero-order chi connectivity index (χ0) is 23.0. The number of amides is 2. The maximum atomic E-state index is 13.1. The fourth-order valence-electron chi connectivity index (χ4n) is 5.44. The SMILES string of the molecule is CC(=O)N(C)CCCN1C2CCC1CC(NC(=O)c1cc3cccn3n(C(C)C)c1=O)C2. The van der Waals surface area contributed by atoms with Crippen LogP contribution >= 0.6 is 0 Å². The van der Waals surface area contributed by atoms with Gasteiger partial charge in [-0.25, -0.2) is 4.68 Å². The van der Waals surface area contributed by atoms with Gasteiger partial charge in [0, 0.05) is 57.4 Å². The van der Waals surface area contributed by atoms with Crippen LogP contribution in [0.3, 0.4) is 0 Å². The fourth-order valence-corrected chi connectivity index (χ4v) is 5.44. The van der Waals surface area contributed by atoms with Crippen LogP contribution in [0.15, 0.2) is 29.2 Å². The Morgan fingerprint density at radius 2 is 1.91 bits per heavy atom. The van der Waals surface area contributed by atoms with E-state index < -0.39 is 0 Å². The minimum atomic E-state index is -0.269. The Kier molecular flexibility index (Phi) is 6.42. The van der Waals surface area contributed by atoms with Gasteiger partial charge in [-0.15, -0.1) is 0 Å². The number of carbonyl (C=O) groups is 2. The van der Waals surface area contributed by atoms with E-state index in [9.17, 15) is 14.4 Å². The van der Waals surface area contributed by atoms with Crippen molar-refractivity contribution in [2.75, 3.05) is 20.1 Å². The van der Waals surface area contributed by atoms with Crippen LogP contribution in [0.25, 0.3) is 5.52 Å². The highest BCUT2D eigenvalue weighted by atomic mass is 16.2. The quantitative estimate of drug-likeness (QED) is 0.715. The molecule has 4 rings (SSSR count). The molecule has 0 spiro atoms. The van der Waals surface area contributed by atoms with Crippen molar-refractivity contribution in [2.24, 2.45) is 0 Å². The third-order valence-corrected chi connectivity index (χ3v) is 7.12. The van der Waals surface area contributed by atoms with E-state index in [1.54, 1.807) is 22.6 Å². The lowest BCUT2D eigenvalue weighted by atomic mass is 9.96. The predicted molar refractivity (Wildman–Crippen MR) is 124 cm³/mol. The summed E-state index contributed by atoms with van der Waals surface area (Å²) in [5.74, 6) is -0.168. The van der Waals surface area contributed by atoms with E-state index in [0.717, 1.165) is 50.7 Å². The molecule has 0 radical (unpaired) electrons. The number of rotatable bonds is 7. The maximum Gasteiger partial charge on any atom is 0.278 e. The number of hydrogen-bond donors (Lipinski definition) is 1. The minimum absolute atomic E-state index is 0.0497. The van der Waals surface area contributed by atoms with Crippen molar-refractivity contribution in [3.05, 3.63) is 40.3 Å². The molecule has 2 fully saturated rings. The first kappa shape index (κ1) is 22.6. The van der Waals surface area contributed by atoms with E-state index >= 15 is 0 Å². The molecular formula is C24H35N5O3. The van der Waals surface area contributed by atoms with Gasteiger partial charge in [0.25, 0.3) is 11.5 Å². The van der Waals surface area contributed by atoms with Gasteiger partial charge >= 0.3 is 0 Å². The van der Waals surface area contributed by atoms with Crippen molar-refractivity contribution in [3.63, 3.8) is 0 Å². The summed E-state index contributed by atoms with van der Waals surface area (Å²) in [6.45, 7) is 7.25. The molecular weight excluding hydrogens is 406 g/mol. The molecule has 174 valence electrons. The van der Waals surface area contributed by atoms with Crippen LogP contribution in [0.5, 0.6) is 0 Å². The maximum absolute atomic E-state index is 13.1. The average molecular weight is 442 g/mol. The first-order chi connectivity index (χ1) is 15.3. The normalized spacial score (nSPS) is 23.1. The molecule has 2 atom stereocenters. The summed E-state index contributed by atoms with van der Waals surface area (Å²) in [5, 5.41) is 3.17. The zero-order valence-corrected chi connectivity index (χ0v) is 19.6. The van der Waals surface area contributed by atoms with Gasteiger partial charge in [0.1, 0.15) is 5.56 Å². The van der Waals surface area contributed by atoms with Crippen LogP contribution in [-0.4, -0.2) is 69.1 Å². The van der Waals surface area contributed by atoms with Crippen molar-refractivity contribution in [3.8, 4) is 0 Å². The smallest absolute Gasteiger partial charge is 0.278 e. The number of nitrogens with zero attached hydrogens (tertiary/aromatic N) is 4. The van der Waals surface area contributed by atoms with Crippen LogP contribution in [0.1, 0.15) is 69.3 Å². The molecule has 0 aromatic carbocycles. The number of fused-ring (bicyclic) bond motifs is 3. The predicted octanol–water partition coefficient (Wildman–Crippen LogP) is 2.28. The molecule has 2 amide bonds. The number of carbonyl (C=O) groups excluding carboxylic acids is 2. The molecule has 2 unspecified atom stereocenters. The summed E-state index contributed by atoms with van der Waals surface area (Å²) in [5.41, 5.74) is 0.803. The first-order valence-electron chi connectivity index (χ1n) is 11.8. The van der Waals surface area contributed by atoms with Crippen molar-refractivity contribution in [1.82, 2.24) is 24.3 Å². The van der Waals surface area contributed by atoms with Gasteiger partial charge in [-0.1, -0.05) is 0 Å². The summed E-state index contributed by atoms with van der Waals surface area (Å²) < 4.78 is 3.45. The van der Waals surface area contributed by atoms with Crippen LogP contribution in [0.4, 0.5) is 0 Å². The van der Waals surface area contributed by atoms with Gasteiger partial charge < -0.3 is 10.2 Å². The van der Waals surface area contributed by atoms with Gasteiger partial charge in [0.2, 0.25) is 5.91 Å². The van der Waals surface area contributed by atoms with Crippen LogP contribution in [0, 0.1) is 0 Å². The zero-order valence-electron chi connectivity index (χ0n) is 19.6. The summed E-state index contributed by atoms with van der Waals surface area (Å²) in [6.07, 6.45) is 6.94. The lowest BCUT2D eigenvalue weighted by Gasteiger charge is -2.39. The molecule has 8 nitrogen and oxygen atoms in total. The summed E-state index contributed by atoms with van der Waals surface area (Å²) in [4.78, 5) is 41.9. The Bertz CT molecular complexity index is 1040. The summed E-state index contributed by atoms with van der Waals surface area (Å²) >= 11 is 0. The van der Waals surface area contributed by atoms with Crippen molar-refractivity contribution >= 4 is 17.3 Å². The molecule has 2 saturated heterocycles. The highest BCUT2D eigenvalue weighted by Crippen LogP contribution is 2.35. The molecule has 2 bridgehead atoms. The molecule has 32 heavy (non-hydrogen) atoms.